The van der Waals surface area contributed by atoms with E-state index in [0.717, 1.165) is 24.6 Å². The van der Waals surface area contributed by atoms with Crippen LogP contribution in [0.2, 0.25) is 0 Å². The van der Waals surface area contributed by atoms with Crippen molar-refractivity contribution in [2.45, 2.75) is 13.5 Å². The standard InChI is InChI=1S/C11H16N2OS2/c1-9-2-3-10(16-9)8-12-11(14)13-4-6-15-7-5-13/h2-3H,4-8H2,1H3,(H,12,14). The number of hydrogen-bond acceptors (Lipinski definition) is 3. The van der Waals surface area contributed by atoms with Crippen molar-refractivity contribution in [3.8, 4) is 0 Å². The van der Waals surface area contributed by atoms with E-state index >= 15 is 0 Å². The summed E-state index contributed by atoms with van der Waals surface area (Å²) in [5.74, 6) is 2.12. The molecule has 1 aliphatic heterocycles. The zero-order valence-corrected chi connectivity index (χ0v) is 11.0. The predicted molar refractivity (Wildman–Crippen MR) is 70.2 cm³/mol. The highest BCUT2D eigenvalue weighted by Gasteiger charge is 2.15. The molecule has 0 radical (unpaired) electrons. The third-order valence-electron chi connectivity index (χ3n) is 2.51. The van der Waals surface area contributed by atoms with Crippen LogP contribution >= 0.6 is 23.1 Å². The average Bonchev–Trinajstić information content (AvgIpc) is 2.73. The fourth-order valence-electron chi connectivity index (χ4n) is 1.62. The number of aryl methyl sites for hydroxylation is 1. The number of nitrogens with one attached hydrogen (secondary N) is 1. The van der Waals surface area contributed by atoms with E-state index in [1.165, 1.54) is 9.75 Å². The van der Waals surface area contributed by atoms with Crippen molar-refractivity contribution in [2.75, 3.05) is 24.6 Å². The highest BCUT2D eigenvalue weighted by Crippen LogP contribution is 2.15. The largest absolute Gasteiger partial charge is 0.333 e. The number of nitrogens with zero attached hydrogens (tertiary/aromatic N) is 1. The van der Waals surface area contributed by atoms with Gasteiger partial charge in [0.1, 0.15) is 0 Å². The number of thiophene rings is 1. The van der Waals surface area contributed by atoms with Crippen LogP contribution in [0.1, 0.15) is 9.75 Å². The molecule has 0 unspecified atom stereocenters. The van der Waals surface area contributed by atoms with E-state index in [2.05, 4.69) is 24.4 Å². The average molecular weight is 256 g/mol. The van der Waals surface area contributed by atoms with Gasteiger partial charge in [-0.1, -0.05) is 0 Å². The lowest BCUT2D eigenvalue weighted by molar-refractivity contribution is 0.202. The molecule has 16 heavy (non-hydrogen) atoms. The summed E-state index contributed by atoms with van der Waals surface area (Å²) in [4.78, 5) is 16.2. The van der Waals surface area contributed by atoms with E-state index in [0.29, 0.717) is 6.54 Å². The summed E-state index contributed by atoms with van der Waals surface area (Å²) in [6, 6.07) is 4.24. The molecule has 0 aliphatic carbocycles. The lowest BCUT2D eigenvalue weighted by Crippen LogP contribution is -2.43. The molecule has 1 aromatic rings. The Morgan fingerprint density at radius 1 is 1.44 bits per heavy atom. The molecule has 1 aliphatic rings. The topological polar surface area (TPSA) is 32.3 Å². The summed E-state index contributed by atoms with van der Waals surface area (Å²) in [5, 5.41) is 2.97. The van der Waals surface area contributed by atoms with Crippen molar-refractivity contribution in [3.05, 3.63) is 21.9 Å². The second-order valence-corrected chi connectivity index (χ2v) is 6.37. The van der Waals surface area contributed by atoms with Crippen LogP contribution in [0.25, 0.3) is 0 Å². The highest BCUT2D eigenvalue weighted by molar-refractivity contribution is 7.99. The molecule has 0 aromatic carbocycles. The maximum Gasteiger partial charge on any atom is 0.317 e. The highest BCUT2D eigenvalue weighted by atomic mass is 32.2. The first-order valence-corrected chi connectivity index (χ1v) is 7.38. The van der Waals surface area contributed by atoms with Crippen LogP contribution in [-0.2, 0) is 6.54 Å². The minimum Gasteiger partial charge on any atom is -0.333 e. The summed E-state index contributed by atoms with van der Waals surface area (Å²) in [6.07, 6.45) is 0. The third-order valence-corrected chi connectivity index (χ3v) is 4.45. The lowest BCUT2D eigenvalue weighted by atomic mass is 10.4. The molecular formula is C11H16N2OS2. The Hall–Kier alpha value is -0.680. The van der Waals surface area contributed by atoms with Gasteiger partial charge in [0.2, 0.25) is 0 Å². The molecule has 5 heteroatoms. The summed E-state index contributed by atoms with van der Waals surface area (Å²) < 4.78 is 0. The van der Waals surface area contributed by atoms with Gasteiger partial charge >= 0.3 is 6.03 Å². The van der Waals surface area contributed by atoms with Crippen LogP contribution in [-0.4, -0.2) is 35.5 Å². The Balaban J connectivity index is 1.78. The maximum atomic E-state index is 11.8. The van der Waals surface area contributed by atoms with Crippen molar-refractivity contribution in [1.29, 1.82) is 0 Å². The number of rotatable bonds is 2. The normalized spacial score (nSPS) is 16.2. The summed E-state index contributed by atoms with van der Waals surface area (Å²) in [7, 11) is 0. The second-order valence-electron chi connectivity index (χ2n) is 3.77. The molecule has 1 fully saturated rings. The van der Waals surface area contributed by atoms with Gasteiger partial charge in [-0.25, -0.2) is 4.79 Å². The molecule has 88 valence electrons. The maximum absolute atomic E-state index is 11.8. The van der Waals surface area contributed by atoms with E-state index in [4.69, 9.17) is 0 Å². The zero-order chi connectivity index (χ0) is 11.4. The monoisotopic (exact) mass is 256 g/mol. The Morgan fingerprint density at radius 2 is 2.19 bits per heavy atom. The Bertz CT molecular complexity index is 359. The summed E-state index contributed by atoms with van der Waals surface area (Å²) in [6.45, 7) is 4.48. The molecule has 0 atom stereocenters. The van der Waals surface area contributed by atoms with Crippen LogP contribution in [0.3, 0.4) is 0 Å². The van der Waals surface area contributed by atoms with E-state index in [1.807, 2.05) is 16.7 Å². The van der Waals surface area contributed by atoms with Crippen LogP contribution in [0.4, 0.5) is 4.79 Å². The fraction of sp³-hybridized carbons (Fsp3) is 0.545. The molecular weight excluding hydrogens is 240 g/mol. The first kappa shape index (κ1) is 11.8. The zero-order valence-electron chi connectivity index (χ0n) is 9.36. The lowest BCUT2D eigenvalue weighted by Gasteiger charge is -2.26. The van der Waals surface area contributed by atoms with Crippen molar-refractivity contribution in [1.82, 2.24) is 10.2 Å². The van der Waals surface area contributed by atoms with Crippen LogP contribution < -0.4 is 5.32 Å². The smallest absolute Gasteiger partial charge is 0.317 e. The van der Waals surface area contributed by atoms with Gasteiger partial charge in [-0.3, -0.25) is 0 Å². The Labute approximate surface area is 104 Å². The summed E-state index contributed by atoms with van der Waals surface area (Å²) >= 11 is 3.65. The number of carbonyl (C=O) groups is 1. The molecule has 1 N–H and O–H groups in total. The first-order valence-electron chi connectivity index (χ1n) is 5.41. The molecule has 2 heterocycles. The SMILES string of the molecule is Cc1ccc(CNC(=O)N2CCSCC2)s1. The number of carbonyl (C=O) groups excluding carboxylic acids is 1. The van der Waals surface area contributed by atoms with E-state index in [1.54, 1.807) is 11.3 Å². The number of hydrogen-bond donors (Lipinski definition) is 1. The predicted octanol–water partition coefficient (Wildman–Crippen LogP) is 2.31. The fourth-order valence-corrected chi connectivity index (χ4v) is 3.35. The minimum absolute atomic E-state index is 0.0753. The molecule has 3 nitrogen and oxygen atoms in total. The van der Waals surface area contributed by atoms with Crippen LogP contribution in [0.15, 0.2) is 12.1 Å². The molecule has 2 rings (SSSR count). The van der Waals surface area contributed by atoms with Gasteiger partial charge in [0.25, 0.3) is 0 Å². The van der Waals surface area contributed by atoms with Crippen molar-refractivity contribution in [3.63, 3.8) is 0 Å². The molecule has 1 aromatic heterocycles. The first-order chi connectivity index (χ1) is 7.75. The van der Waals surface area contributed by atoms with Gasteiger partial charge in [-0.15, -0.1) is 11.3 Å². The van der Waals surface area contributed by atoms with E-state index < -0.39 is 0 Å². The second kappa shape index (κ2) is 5.59. The van der Waals surface area contributed by atoms with Gasteiger partial charge in [0.05, 0.1) is 6.54 Å². The van der Waals surface area contributed by atoms with E-state index in [9.17, 15) is 4.79 Å². The van der Waals surface area contributed by atoms with Gasteiger partial charge in [-0.2, -0.15) is 11.8 Å². The van der Waals surface area contributed by atoms with Crippen molar-refractivity contribution >= 4 is 29.1 Å². The van der Waals surface area contributed by atoms with Gasteiger partial charge in [0, 0.05) is 34.3 Å². The number of urea groups is 1. The molecule has 1 saturated heterocycles. The Kier molecular flexibility index (Phi) is 4.12. The third kappa shape index (κ3) is 3.15. The molecule has 0 spiro atoms. The van der Waals surface area contributed by atoms with Gasteiger partial charge in [-0.05, 0) is 19.1 Å². The Morgan fingerprint density at radius 3 is 2.81 bits per heavy atom. The summed E-state index contributed by atoms with van der Waals surface area (Å²) in [5.41, 5.74) is 0. The molecule has 0 saturated carbocycles. The van der Waals surface area contributed by atoms with Crippen LogP contribution in [0.5, 0.6) is 0 Å². The van der Waals surface area contributed by atoms with Crippen LogP contribution in [0, 0.1) is 6.92 Å². The minimum atomic E-state index is 0.0753. The van der Waals surface area contributed by atoms with Crippen molar-refractivity contribution < 1.29 is 4.79 Å². The molecule has 2 amide bonds. The quantitative estimate of drug-likeness (QED) is 0.880. The number of amides is 2. The molecule has 0 bridgehead atoms. The van der Waals surface area contributed by atoms with E-state index in [-0.39, 0.29) is 6.03 Å². The van der Waals surface area contributed by atoms with Crippen molar-refractivity contribution in [2.24, 2.45) is 0 Å². The van der Waals surface area contributed by atoms with Gasteiger partial charge < -0.3 is 10.2 Å². The number of thioether (sulfide) groups is 1. The van der Waals surface area contributed by atoms with Gasteiger partial charge in [0.15, 0.2) is 0 Å².